The number of fused-ring (bicyclic) bond motifs is 2. The van der Waals surface area contributed by atoms with E-state index in [4.69, 9.17) is 4.98 Å². The highest BCUT2D eigenvalue weighted by molar-refractivity contribution is 5.94. The van der Waals surface area contributed by atoms with Crippen LogP contribution in [-0.2, 0) is 0 Å². The summed E-state index contributed by atoms with van der Waals surface area (Å²) in [6.45, 7) is 0.940. The number of para-hydroxylation sites is 2. The van der Waals surface area contributed by atoms with Crippen LogP contribution in [0.5, 0.6) is 0 Å². The Labute approximate surface area is 169 Å². The van der Waals surface area contributed by atoms with E-state index in [1.807, 2.05) is 77.8 Å². The molecular weight excluding hydrogens is 362 g/mol. The molecule has 2 aromatic heterocycles. The molecule has 4 rings (SSSR count). The summed E-state index contributed by atoms with van der Waals surface area (Å²) in [5, 5.41) is 21.0. The molecule has 0 amide bonds. The highest BCUT2D eigenvalue weighted by atomic mass is 16.3. The van der Waals surface area contributed by atoms with Gasteiger partial charge in [0.15, 0.2) is 0 Å². The maximum absolute atomic E-state index is 9.46. The molecule has 2 aromatic carbocycles. The van der Waals surface area contributed by atoms with E-state index in [0.717, 1.165) is 38.8 Å². The van der Waals surface area contributed by atoms with Gasteiger partial charge in [-0.1, -0.05) is 42.5 Å². The Morgan fingerprint density at radius 3 is 2.24 bits per heavy atom. The predicted octanol–water partition coefficient (Wildman–Crippen LogP) is 3.74. The molecular formula is C24H23N3O2. The maximum Gasteiger partial charge on any atom is 0.0730 e. The van der Waals surface area contributed by atoms with Gasteiger partial charge in [0.2, 0.25) is 0 Å². The summed E-state index contributed by atoms with van der Waals surface area (Å²) in [6, 6.07) is 20.0. The molecule has 0 radical (unpaired) electrons. The van der Waals surface area contributed by atoms with Crippen molar-refractivity contribution in [1.82, 2.24) is 9.97 Å². The number of aliphatic hydroxyl groups excluding tert-OH is 2. The summed E-state index contributed by atoms with van der Waals surface area (Å²) in [5.74, 6) is 0. The molecule has 5 heteroatoms. The maximum atomic E-state index is 9.46. The van der Waals surface area contributed by atoms with Gasteiger partial charge in [0.25, 0.3) is 0 Å². The Morgan fingerprint density at radius 2 is 1.48 bits per heavy atom. The van der Waals surface area contributed by atoms with Crippen molar-refractivity contribution in [3.05, 3.63) is 78.1 Å². The molecule has 0 saturated heterocycles. The molecule has 2 heterocycles. The first-order valence-corrected chi connectivity index (χ1v) is 9.68. The van der Waals surface area contributed by atoms with Crippen molar-refractivity contribution >= 4 is 39.6 Å². The van der Waals surface area contributed by atoms with Crippen molar-refractivity contribution in [2.45, 2.75) is 0 Å². The van der Waals surface area contributed by atoms with Crippen LogP contribution in [0, 0.1) is 0 Å². The van der Waals surface area contributed by atoms with Gasteiger partial charge in [0.05, 0.1) is 29.9 Å². The minimum atomic E-state index is 0.0187. The molecule has 0 aliphatic heterocycles. The van der Waals surface area contributed by atoms with Gasteiger partial charge in [-0.2, -0.15) is 0 Å². The van der Waals surface area contributed by atoms with Gasteiger partial charge in [-0.3, -0.25) is 4.98 Å². The first-order chi connectivity index (χ1) is 14.3. The van der Waals surface area contributed by atoms with Crippen LogP contribution in [0.15, 0.2) is 66.9 Å². The number of aromatic nitrogens is 2. The van der Waals surface area contributed by atoms with Crippen molar-refractivity contribution < 1.29 is 10.2 Å². The zero-order valence-electron chi connectivity index (χ0n) is 16.1. The molecule has 0 fully saturated rings. The average Bonchev–Trinajstić information content (AvgIpc) is 2.77. The molecule has 5 nitrogen and oxygen atoms in total. The first kappa shape index (κ1) is 19.1. The topological polar surface area (TPSA) is 69.5 Å². The van der Waals surface area contributed by atoms with Crippen LogP contribution < -0.4 is 4.90 Å². The SMILES string of the molecule is OCCN(CCO)c1cc(/C=C/c2ccnc3ccccc23)nc2ccccc12. The number of rotatable bonds is 7. The summed E-state index contributed by atoms with van der Waals surface area (Å²) < 4.78 is 0. The largest absolute Gasteiger partial charge is 0.395 e. The standard InChI is InChI=1S/C24H23N3O2/c28-15-13-27(14-16-29)24-17-19(26-23-8-4-2-6-21(23)24)10-9-18-11-12-25-22-7-3-1-5-20(18)22/h1-12,17,28-29H,13-16H2/b10-9+. The molecule has 0 saturated carbocycles. The number of aliphatic hydroxyl groups is 2. The third kappa shape index (κ3) is 4.11. The minimum Gasteiger partial charge on any atom is -0.395 e. The third-order valence-corrected chi connectivity index (χ3v) is 4.91. The van der Waals surface area contributed by atoms with E-state index in [0.29, 0.717) is 13.1 Å². The zero-order valence-corrected chi connectivity index (χ0v) is 16.1. The number of anilines is 1. The molecule has 0 spiro atoms. The number of benzene rings is 2. The fourth-order valence-corrected chi connectivity index (χ4v) is 3.56. The van der Waals surface area contributed by atoms with E-state index in [1.165, 1.54) is 0 Å². The molecule has 0 bridgehead atoms. The van der Waals surface area contributed by atoms with Crippen LogP contribution >= 0.6 is 0 Å². The second kappa shape index (κ2) is 8.82. The molecule has 29 heavy (non-hydrogen) atoms. The van der Waals surface area contributed by atoms with Crippen molar-refractivity contribution in [3.8, 4) is 0 Å². The number of hydrogen-bond acceptors (Lipinski definition) is 5. The lowest BCUT2D eigenvalue weighted by Gasteiger charge is -2.24. The second-order valence-electron chi connectivity index (χ2n) is 6.77. The number of nitrogens with zero attached hydrogens (tertiary/aromatic N) is 3. The highest BCUT2D eigenvalue weighted by Gasteiger charge is 2.11. The quantitative estimate of drug-likeness (QED) is 0.507. The number of hydrogen-bond donors (Lipinski definition) is 2. The van der Waals surface area contributed by atoms with Crippen LogP contribution in [0.1, 0.15) is 11.3 Å². The monoisotopic (exact) mass is 385 g/mol. The summed E-state index contributed by atoms with van der Waals surface area (Å²) >= 11 is 0. The van der Waals surface area contributed by atoms with Gasteiger partial charge in [-0.15, -0.1) is 0 Å². The van der Waals surface area contributed by atoms with Gasteiger partial charge in [0, 0.05) is 35.7 Å². The van der Waals surface area contributed by atoms with Gasteiger partial charge in [-0.05, 0) is 35.9 Å². The lowest BCUT2D eigenvalue weighted by Crippen LogP contribution is -2.30. The first-order valence-electron chi connectivity index (χ1n) is 9.68. The Hall–Kier alpha value is -3.28. The third-order valence-electron chi connectivity index (χ3n) is 4.91. The van der Waals surface area contributed by atoms with Crippen molar-refractivity contribution in [2.24, 2.45) is 0 Å². The normalized spacial score (nSPS) is 11.5. The van der Waals surface area contributed by atoms with E-state index in [1.54, 1.807) is 0 Å². The van der Waals surface area contributed by atoms with Crippen LogP contribution in [0.2, 0.25) is 0 Å². The molecule has 0 aliphatic carbocycles. The predicted molar refractivity (Wildman–Crippen MR) is 119 cm³/mol. The molecule has 4 aromatic rings. The lowest BCUT2D eigenvalue weighted by atomic mass is 10.1. The smallest absolute Gasteiger partial charge is 0.0730 e. The fraction of sp³-hybridized carbons (Fsp3) is 0.167. The van der Waals surface area contributed by atoms with Crippen LogP contribution in [0.25, 0.3) is 34.0 Å². The summed E-state index contributed by atoms with van der Waals surface area (Å²) in [5.41, 5.74) is 4.69. The van der Waals surface area contributed by atoms with E-state index in [9.17, 15) is 10.2 Å². The fourth-order valence-electron chi connectivity index (χ4n) is 3.56. The average molecular weight is 385 g/mol. The van der Waals surface area contributed by atoms with E-state index < -0.39 is 0 Å². The van der Waals surface area contributed by atoms with E-state index in [-0.39, 0.29) is 13.2 Å². The van der Waals surface area contributed by atoms with Gasteiger partial charge >= 0.3 is 0 Å². The van der Waals surface area contributed by atoms with Crippen molar-refractivity contribution in [2.75, 3.05) is 31.2 Å². The highest BCUT2D eigenvalue weighted by Crippen LogP contribution is 2.28. The lowest BCUT2D eigenvalue weighted by molar-refractivity contribution is 0.281. The van der Waals surface area contributed by atoms with Crippen LogP contribution in [0.4, 0.5) is 5.69 Å². The van der Waals surface area contributed by atoms with E-state index in [2.05, 4.69) is 11.1 Å². The van der Waals surface area contributed by atoms with E-state index >= 15 is 0 Å². The summed E-state index contributed by atoms with van der Waals surface area (Å²) in [4.78, 5) is 11.2. The van der Waals surface area contributed by atoms with Crippen LogP contribution in [-0.4, -0.2) is 46.5 Å². The summed E-state index contributed by atoms with van der Waals surface area (Å²) in [6.07, 6.45) is 5.85. The minimum absolute atomic E-state index is 0.0187. The molecule has 2 N–H and O–H groups in total. The van der Waals surface area contributed by atoms with Crippen molar-refractivity contribution in [1.29, 1.82) is 0 Å². The van der Waals surface area contributed by atoms with Gasteiger partial charge in [-0.25, -0.2) is 4.98 Å². The molecule has 0 aliphatic rings. The Kier molecular flexibility index (Phi) is 5.79. The Bertz CT molecular complexity index is 1150. The summed E-state index contributed by atoms with van der Waals surface area (Å²) in [7, 11) is 0. The Balaban J connectivity index is 1.78. The van der Waals surface area contributed by atoms with Gasteiger partial charge < -0.3 is 15.1 Å². The van der Waals surface area contributed by atoms with Crippen LogP contribution in [0.3, 0.4) is 0 Å². The van der Waals surface area contributed by atoms with Crippen molar-refractivity contribution in [3.63, 3.8) is 0 Å². The van der Waals surface area contributed by atoms with Gasteiger partial charge in [0.1, 0.15) is 0 Å². The number of pyridine rings is 2. The molecule has 146 valence electrons. The second-order valence-corrected chi connectivity index (χ2v) is 6.77. The molecule has 0 unspecified atom stereocenters. The molecule has 0 atom stereocenters. The zero-order chi connectivity index (χ0) is 20.1. The Morgan fingerprint density at radius 1 is 0.793 bits per heavy atom.